The van der Waals surface area contributed by atoms with Crippen molar-refractivity contribution in [1.29, 1.82) is 5.41 Å². The number of nitrogens with one attached hydrogen (secondary N) is 1. The standard InChI is InChI=1S/C6H5.CH4N2O.Hg/c1-2-4-6-5-3-1;2-1(3)4;/h1-5H;(H4,2,3,4);/q;;+1/p-1. The molecule has 54 valence electrons. The Morgan fingerprint density at radius 1 is 1.36 bits per heavy atom. The molecule has 11 heavy (non-hydrogen) atoms. The van der Waals surface area contributed by atoms with Crippen LogP contribution in [0, 0.1) is 5.41 Å². The monoisotopic (exact) mass is 338 g/mol. The number of amidine groups is 1. The van der Waals surface area contributed by atoms with Gasteiger partial charge in [-0.2, -0.15) is 0 Å². The summed E-state index contributed by atoms with van der Waals surface area (Å²) in [5, 5.41) is 14.6. The molecule has 0 aliphatic carbocycles. The minimum atomic E-state index is -1.08. The summed E-state index contributed by atoms with van der Waals surface area (Å²) in [6.45, 7) is 0. The molecule has 0 spiro atoms. The van der Waals surface area contributed by atoms with E-state index in [0.29, 0.717) is 0 Å². The molecule has 0 unspecified atom stereocenters. The molecule has 0 radical (unpaired) electrons. The van der Waals surface area contributed by atoms with Crippen molar-refractivity contribution in [3.8, 4) is 0 Å². The summed E-state index contributed by atoms with van der Waals surface area (Å²) in [6, 6.07) is 9.48. The van der Waals surface area contributed by atoms with Crippen LogP contribution in [-0.4, -0.2) is 6.02 Å². The van der Waals surface area contributed by atoms with Gasteiger partial charge in [0.25, 0.3) is 0 Å². The summed E-state index contributed by atoms with van der Waals surface area (Å²) in [4.78, 5) is 0. The van der Waals surface area contributed by atoms with E-state index in [9.17, 15) is 0 Å². The van der Waals surface area contributed by atoms with Crippen LogP contribution in [0.2, 0.25) is 0 Å². The first-order valence-corrected chi connectivity index (χ1v) is 5.76. The van der Waals surface area contributed by atoms with Gasteiger partial charge in [-0.1, -0.05) is 0 Å². The molecule has 0 aromatic heterocycles. The molecule has 0 saturated heterocycles. The summed E-state index contributed by atoms with van der Waals surface area (Å²) >= 11 is 0.810. The zero-order chi connectivity index (χ0) is 8.69. The Kier molecular flexibility index (Phi) is 5.83. The van der Waals surface area contributed by atoms with Gasteiger partial charge in [0.1, 0.15) is 0 Å². The first-order chi connectivity index (χ1) is 5.13. The topological polar surface area (TPSA) is 72.9 Å². The molecule has 0 fully saturated rings. The summed E-state index contributed by atoms with van der Waals surface area (Å²) in [6.07, 6.45) is 0. The summed E-state index contributed by atoms with van der Waals surface area (Å²) in [5.41, 5.74) is 4.14. The van der Waals surface area contributed by atoms with Crippen LogP contribution < -0.4 is 13.9 Å². The van der Waals surface area contributed by atoms with Gasteiger partial charge in [-0.05, 0) is 0 Å². The number of nitrogens with two attached hydrogens (primary N) is 1. The Bertz CT molecular complexity index is 209. The Morgan fingerprint density at radius 2 is 1.73 bits per heavy atom. The second-order valence-electron chi connectivity index (χ2n) is 1.85. The van der Waals surface area contributed by atoms with E-state index in [1.165, 1.54) is 3.07 Å². The van der Waals surface area contributed by atoms with Gasteiger partial charge in [0, 0.05) is 6.02 Å². The zero-order valence-corrected chi connectivity index (χ0v) is 11.6. The molecule has 0 aliphatic rings. The van der Waals surface area contributed by atoms with E-state index in [4.69, 9.17) is 10.5 Å². The maximum atomic E-state index is 8.89. The van der Waals surface area contributed by atoms with Crippen LogP contribution in [0.15, 0.2) is 30.3 Å². The second-order valence-corrected chi connectivity index (χ2v) is 5.02. The molecule has 1 aromatic rings. The van der Waals surface area contributed by atoms with Gasteiger partial charge in [0.15, 0.2) is 0 Å². The molecule has 4 heteroatoms. The van der Waals surface area contributed by atoms with Gasteiger partial charge in [-0.3, -0.25) is 5.41 Å². The van der Waals surface area contributed by atoms with Crippen molar-refractivity contribution >= 4 is 9.09 Å². The summed E-state index contributed by atoms with van der Waals surface area (Å²) in [7, 11) is 0. The van der Waals surface area contributed by atoms with E-state index < -0.39 is 6.02 Å². The molecular weight excluding hydrogens is 329 g/mol. The number of rotatable bonds is 0. The Morgan fingerprint density at radius 3 is 1.91 bits per heavy atom. The minimum absolute atomic E-state index is 0.810. The molecule has 0 heterocycles. The molecule has 0 saturated carbocycles. The Balaban J connectivity index is 0.000000218. The molecule has 0 amide bonds. The van der Waals surface area contributed by atoms with Gasteiger partial charge in [-0.15, -0.1) is 0 Å². The second kappa shape index (κ2) is 6.16. The van der Waals surface area contributed by atoms with Crippen molar-refractivity contribution in [2.75, 3.05) is 0 Å². The predicted octanol–water partition coefficient (Wildman–Crippen LogP) is -0.901. The number of benzene rings is 1. The van der Waals surface area contributed by atoms with Crippen LogP contribution in [-0.2, 0) is 26.1 Å². The van der Waals surface area contributed by atoms with Crippen LogP contribution in [0.4, 0.5) is 0 Å². The van der Waals surface area contributed by atoms with Gasteiger partial charge < -0.3 is 10.8 Å². The van der Waals surface area contributed by atoms with Crippen molar-refractivity contribution in [3.63, 3.8) is 0 Å². The molecule has 3 N–H and O–H groups in total. The van der Waals surface area contributed by atoms with E-state index in [1.807, 2.05) is 0 Å². The molecule has 3 nitrogen and oxygen atoms in total. The van der Waals surface area contributed by atoms with Gasteiger partial charge in [-0.25, -0.2) is 0 Å². The quantitative estimate of drug-likeness (QED) is 0.366. The third-order valence-electron chi connectivity index (χ3n) is 0.843. The van der Waals surface area contributed by atoms with Crippen molar-refractivity contribution < 1.29 is 31.2 Å². The van der Waals surface area contributed by atoms with E-state index in [2.05, 4.69) is 36.1 Å². The molecule has 0 aliphatic heterocycles. The SMILES string of the molecule is N=C(N)[O-].[Hg+][c]1ccccc1. The van der Waals surface area contributed by atoms with Crippen LogP contribution in [0.1, 0.15) is 0 Å². The van der Waals surface area contributed by atoms with Crippen LogP contribution in [0.3, 0.4) is 0 Å². The van der Waals surface area contributed by atoms with Crippen molar-refractivity contribution in [3.05, 3.63) is 30.3 Å². The zero-order valence-electron chi connectivity index (χ0n) is 6.08. The van der Waals surface area contributed by atoms with Gasteiger partial charge in [0.2, 0.25) is 0 Å². The first-order valence-electron chi connectivity index (χ1n) is 3.01. The van der Waals surface area contributed by atoms with Crippen LogP contribution in [0.25, 0.3) is 0 Å². The van der Waals surface area contributed by atoms with Gasteiger partial charge in [0.05, 0.1) is 0 Å². The van der Waals surface area contributed by atoms with Crippen molar-refractivity contribution in [2.24, 2.45) is 5.73 Å². The predicted molar refractivity (Wildman–Crippen MR) is 38.0 cm³/mol. The molecule has 0 atom stereocenters. The average Bonchev–Trinajstić information content (AvgIpc) is 1.87. The Labute approximate surface area is 81.7 Å². The normalized spacial score (nSPS) is 7.82. The first kappa shape index (κ1) is 10.4. The van der Waals surface area contributed by atoms with Crippen LogP contribution >= 0.6 is 0 Å². The fourth-order valence-electron chi connectivity index (χ4n) is 0.478. The van der Waals surface area contributed by atoms with Crippen LogP contribution in [0.5, 0.6) is 0 Å². The van der Waals surface area contributed by atoms with E-state index >= 15 is 0 Å². The van der Waals surface area contributed by atoms with E-state index in [1.54, 1.807) is 0 Å². The van der Waals surface area contributed by atoms with E-state index in [-0.39, 0.29) is 0 Å². The fraction of sp³-hybridized carbons (Fsp3) is 0. The summed E-state index contributed by atoms with van der Waals surface area (Å²) in [5.74, 6) is 0. The molecule has 1 aromatic carbocycles. The van der Waals surface area contributed by atoms with E-state index in [0.717, 1.165) is 26.1 Å². The average molecular weight is 337 g/mol. The number of hydrogen-bond donors (Lipinski definition) is 2. The maximum absolute atomic E-state index is 8.89. The third kappa shape index (κ3) is 9.43. The Hall–Kier alpha value is -0.575. The van der Waals surface area contributed by atoms with Crippen molar-refractivity contribution in [2.45, 2.75) is 0 Å². The molecule has 1 rings (SSSR count). The molecule has 0 bridgehead atoms. The fourth-order valence-corrected chi connectivity index (χ4v) is 1.54. The van der Waals surface area contributed by atoms with Gasteiger partial charge >= 0.3 is 59.5 Å². The third-order valence-corrected chi connectivity index (χ3v) is 2.68. The van der Waals surface area contributed by atoms with Crippen molar-refractivity contribution in [1.82, 2.24) is 0 Å². The molecular formula is C7H8HgN2O. The summed E-state index contributed by atoms with van der Waals surface area (Å²) < 4.78 is 1.52. The number of hydrogen-bond acceptors (Lipinski definition) is 2.